The summed E-state index contributed by atoms with van der Waals surface area (Å²) in [5, 5.41) is 5.72. The van der Waals surface area contributed by atoms with Crippen LogP contribution in [0.25, 0.3) is 0 Å². The van der Waals surface area contributed by atoms with Crippen LogP contribution in [-0.4, -0.2) is 7.05 Å². The SMILES string of the molecule is CNC(c1cc(F)c(F)cc1Cl)c1scc(C)c1Cl. The molecular weight excluding hydrogens is 311 g/mol. The van der Waals surface area contributed by atoms with Gasteiger partial charge in [0.05, 0.1) is 11.1 Å². The molecule has 0 spiro atoms. The van der Waals surface area contributed by atoms with Crippen molar-refractivity contribution in [2.45, 2.75) is 13.0 Å². The summed E-state index contributed by atoms with van der Waals surface area (Å²) in [6, 6.07) is 1.71. The molecule has 1 N–H and O–H groups in total. The highest BCUT2D eigenvalue weighted by Crippen LogP contribution is 2.38. The van der Waals surface area contributed by atoms with E-state index in [9.17, 15) is 8.78 Å². The number of rotatable bonds is 3. The normalized spacial score (nSPS) is 12.7. The molecule has 0 saturated heterocycles. The third-order valence-electron chi connectivity index (χ3n) is 2.83. The smallest absolute Gasteiger partial charge is 0.160 e. The summed E-state index contributed by atoms with van der Waals surface area (Å²) in [4.78, 5) is 0.828. The van der Waals surface area contributed by atoms with Gasteiger partial charge in [-0.25, -0.2) is 8.78 Å². The van der Waals surface area contributed by atoms with Crippen LogP contribution in [0.3, 0.4) is 0 Å². The summed E-state index contributed by atoms with van der Waals surface area (Å²) in [6.45, 7) is 1.89. The van der Waals surface area contributed by atoms with Crippen molar-refractivity contribution in [2.24, 2.45) is 0 Å². The van der Waals surface area contributed by atoms with E-state index in [1.165, 1.54) is 11.3 Å². The summed E-state index contributed by atoms with van der Waals surface area (Å²) in [7, 11) is 1.72. The lowest BCUT2D eigenvalue weighted by Gasteiger charge is -2.17. The van der Waals surface area contributed by atoms with Crippen LogP contribution in [0, 0.1) is 18.6 Å². The molecule has 1 aromatic heterocycles. The lowest BCUT2D eigenvalue weighted by molar-refractivity contribution is 0.505. The average Bonchev–Trinajstić information content (AvgIpc) is 2.68. The second kappa shape index (κ2) is 5.75. The van der Waals surface area contributed by atoms with Crippen molar-refractivity contribution in [3.05, 3.63) is 55.2 Å². The van der Waals surface area contributed by atoms with Crippen LogP contribution in [0.5, 0.6) is 0 Å². The first kappa shape index (κ1) is 14.7. The Morgan fingerprint density at radius 1 is 1.21 bits per heavy atom. The Labute approximate surface area is 124 Å². The molecule has 0 aliphatic rings. The Bertz CT molecular complexity index is 613. The van der Waals surface area contributed by atoms with Gasteiger partial charge in [0.15, 0.2) is 11.6 Å². The molecule has 6 heteroatoms. The molecule has 1 unspecified atom stereocenters. The zero-order valence-electron chi connectivity index (χ0n) is 10.2. The molecule has 0 aliphatic carbocycles. The fourth-order valence-corrected chi connectivity index (χ4v) is 3.52. The van der Waals surface area contributed by atoms with E-state index in [0.29, 0.717) is 10.6 Å². The van der Waals surface area contributed by atoms with Crippen LogP contribution in [0.4, 0.5) is 8.78 Å². The number of hydrogen-bond acceptors (Lipinski definition) is 2. The summed E-state index contributed by atoms with van der Waals surface area (Å²) in [5.41, 5.74) is 1.41. The minimum atomic E-state index is -0.961. The molecule has 19 heavy (non-hydrogen) atoms. The molecule has 1 aromatic carbocycles. The molecule has 0 aliphatic heterocycles. The summed E-state index contributed by atoms with van der Waals surface area (Å²) < 4.78 is 26.5. The second-order valence-electron chi connectivity index (χ2n) is 4.11. The van der Waals surface area contributed by atoms with Crippen molar-refractivity contribution in [2.75, 3.05) is 7.05 Å². The molecule has 0 fully saturated rings. The first-order valence-electron chi connectivity index (χ1n) is 5.51. The van der Waals surface area contributed by atoms with Crippen LogP contribution in [0.1, 0.15) is 22.0 Å². The monoisotopic (exact) mass is 321 g/mol. The van der Waals surface area contributed by atoms with Gasteiger partial charge in [0.25, 0.3) is 0 Å². The maximum atomic E-state index is 13.4. The fourth-order valence-electron chi connectivity index (χ4n) is 1.83. The minimum absolute atomic E-state index is 0.167. The maximum Gasteiger partial charge on any atom is 0.160 e. The number of thiophene rings is 1. The Morgan fingerprint density at radius 2 is 1.84 bits per heavy atom. The molecule has 2 aromatic rings. The summed E-state index contributed by atoms with van der Waals surface area (Å²) >= 11 is 13.7. The van der Waals surface area contributed by atoms with E-state index in [2.05, 4.69) is 5.32 Å². The molecular formula is C13H11Cl2F2NS. The average molecular weight is 322 g/mol. The van der Waals surface area contributed by atoms with Gasteiger partial charge in [-0.15, -0.1) is 11.3 Å². The third kappa shape index (κ3) is 2.77. The second-order valence-corrected chi connectivity index (χ2v) is 5.80. The Hall–Kier alpha value is -0.680. The molecule has 0 saturated carbocycles. The predicted molar refractivity (Wildman–Crippen MR) is 76.3 cm³/mol. The molecule has 2 rings (SSSR count). The first-order valence-corrected chi connectivity index (χ1v) is 7.14. The van der Waals surface area contributed by atoms with Gasteiger partial charge in [0.2, 0.25) is 0 Å². The van der Waals surface area contributed by atoms with E-state index < -0.39 is 11.6 Å². The van der Waals surface area contributed by atoms with Gasteiger partial charge in [-0.05, 0) is 42.6 Å². The fraction of sp³-hybridized carbons (Fsp3) is 0.231. The van der Waals surface area contributed by atoms with E-state index in [0.717, 1.165) is 22.6 Å². The molecule has 0 bridgehead atoms. The Kier molecular flexibility index (Phi) is 4.46. The first-order chi connectivity index (χ1) is 8.95. The van der Waals surface area contributed by atoms with E-state index in [-0.39, 0.29) is 11.1 Å². The van der Waals surface area contributed by atoms with E-state index in [1.54, 1.807) is 7.05 Å². The number of nitrogens with one attached hydrogen (secondary N) is 1. The lowest BCUT2D eigenvalue weighted by Crippen LogP contribution is -2.17. The van der Waals surface area contributed by atoms with Crippen molar-refractivity contribution in [3.8, 4) is 0 Å². The number of hydrogen-bond donors (Lipinski definition) is 1. The zero-order valence-corrected chi connectivity index (χ0v) is 12.6. The van der Waals surface area contributed by atoms with Gasteiger partial charge >= 0.3 is 0 Å². The third-order valence-corrected chi connectivity index (χ3v) is 4.93. The number of halogens is 4. The molecule has 0 radical (unpaired) electrons. The van der Waals surface area contributed by atoms with Crippen LogP contribution < -0.4 is 5.32 Å². The number of benzene rings is 1. The van der Waals surface area contributed by atoms with Crippen molar-refractivity contribution in [1.29, 1.82) is 0 Å². The topological polar surface area (TPSA) is 12.0 Å². The van der Waals surface area contributed by atoms with E-state index in [4.69, 9.17) is 23.2 Å². The van der Waals surface area contributed by atoms with Gasteiger partial charge in [0, 0.05) is 9.90 Å². The lowest BCUT2D eigenvalue weighted by atomic mass is 10.0. The quantitative estimate of drug-likeness (QED) is 0.789. The van der Waals surface area contributed by atoms with Crippen molar-refractivity contribution in [1.82, 2.24) is 5.32 Å². The maximum absolute atomic E-state index is 13.4. The summed E-state index contributed by atoms with van der Waals surface area (Å²) in [6.07, 6.45) is 0. The van der Waals surface area contributed by atoms with E-state index >= 15 is 0 Å². The highest BCUT2D eigenvalue weighted by atomic mass is 35.5. The molecule has 0 amide bonds. The largest absolute Gasteiger partial charge is 0.309 e. The van der Waals surface area contributed by atoms with Crippen LogP contribution in [0.15, 0.2) is 17.5 Å². The van der Waals surface area contributed by atoms with Gasteiger partial charge in [-0.3, -0.25) is 0 Å². The highest BCUT2D eigenvalue weighted by molar-refractivity contribution is 7.10. The zero-order chi connectivity index (χ0) is 14.2. The van der Waals surface area contributed by atoms with Crippen molar-refractivity contribution >= 4 is 34.5 Å². The highest BCUT2D eigenvalue weighted by Gasteiger charge is 2.22. The van der Waals surface area contributed by atoms with Gasteiger partial charge in [-0.2, -0.15) is 0 Å². The molecule has 1 heterocycles. The van der Waals surface area contributed by atoms with Crippen LogP contribution >= 0.6 is 34.5 Å². The van der Waals surface area contributed by atoms with Crippen molar-refractivity contribution < 1.29 is 8.78 Å². The summed E-state index contributed by atoms with van der Waals surface area (Å²) in [5.74, 6) is -1.89. The standard InChI is InChI=1S/C13H11Cl2F2NS/c1-6-5-19-13(11(6)15)12(18-2)7-3-9(16)10(17)4-8(7)14/h3-5,12,18H,1-2H3. The van der Waals surface area contributed by atoms with Crippen LogP contribution in [0.2, 0.25) is 10.0 Å². The number of aryl methyl sites for hydroxylation is 1. The Morgan fingerprint density at radius 3 is 2.37 bits per heavy atom. The minimum Gasteiger partial charge on any atom is -0.309 e. The van der Waals surface area contributed by atoms with E-state index in [1.807, 2.05) is 12.3 Å². The molecule has 1 nitrogen and oxygen atoms in total. The van der Waals surface area contributed by atoms with Gasteiger partial charge in [-0.1, -0.05) is 23.2 Å². The Balaban J connectivity index is 2.54. The van der Waals surface area contributed by atoms with Crippen molar-refractivity contribution in [3.63, 3.8) is 0 Å². The van der Waals surface area contributed by atoms with Gasteiger partial charge < -0.3 is 5.32 Å². The molecule has 1 atom stereocenters. The predicted octanol–water partition coefficient (Wildman–Crippen LogP) is 4.95. The van der Waals surface area contributed by atoms with Gasteiger partial charge in [0.1, 0.15) is 0 Å². The van der Waals surface area contributed by atoms with Crippen LogP contribution in [-0.2, 0) is 0 Å². The molecule has 102 valence electrons.